The third-order valence-corrected chi connectivity index (χ3v) is 5.57. The third kappa shape index (κ3) is 6.84. The first-order chi connectivity index (χ1) is 14.1. The average molecular weight is 392 g/mol. The van der Waals surface area contributed by atoms with Crippen LogP contribution in [0.1, 0.15) is 36.6 Å². The van der Waals surface area contributed by atoms with Gasteiger partial charge in [-0.05, 0) is 30.0 Å². The van der Waals surface area contributed by atoms with E-state index in [4.69, 9.17) is 0 Å². The van der Waals surface area contributed by atoms with Gasteiger partial charge in [-0.1, -0.05) is 73.7 Å². The summed E-state index contributed by atoms with van der Waals surface area (Å²) in [4.78, 5) is 17.1. The first-order valence-electron chi connectivity index (χ1n) is 10.7. The lowest BCUT2D eigenvalue weighted by atomic mass is 10.1. The van der Waals surface area contributed by atoms with Gasteiger partial charge in [0.15, 0.2) is 0 Å². The summed E-state index contributed by atoms with van der Waals surface area (Å²) in [5, 5.41) is 3.14. The van der Waals surface area contributed by atoms with E-state index < -0.39 is 0 Å². The van der Waals surface area contributed by atoms with Crippen LogP contribution in [0.15, 0.2) is 60.7 Å². The predicted octanol–water partition coefficient (Wildman–Crippen LogP) is 3.76. The van der Waals surface area contributed by atoms with Crippen molar-refractivity contribution in [3.8, 4) is 0 Å². The van der Waals surface area contributed by atoms with Crippen molar-refractivity contribution >= 4 is 12.0 Å². The second-order valence-corrected chi connectivity index (χ2v) is 7.77. The summed E-state index contributed by atoms with van der Waals surface area (Å²) in [6.45, 7) is 9.51. The lowest BCUT2D eigenvalue weighted by molar-refractivity contribution is -0.123. The number of aryl methyl sites for hydroxylation is 1. The van der Waals surface area contributed by atoms with E-state index in [0.717, 1.165) is 44.7 Å². The summed E-state index contributed by atoms with van der Waals surface area (Å²) in [5.74, 6) is 0.106. The molecule has 1 atom stereocenters. The Balaban J connectivity index is 1.37. The van der Waals surface area contributed by atoms with Crippen LogP contribution in [-0.2, 0) is 11.2 Å². The monoisotopic (exact) mass is 391 g/mol. The summed E-state index contributed by atoms with van der Waals surface area (Å²) in [6.07, 6.45) is 5.44. The lowest BCUT2D eigenvalue weighted by Gasteiger charge is -2.33. The van der Waals surface area contributed by atoms with Gasteiger partial charge in [0.25, 0.3) is 0 Å². The molecule has 0 radical (unpaired) electrons. The molecule has 1 aliphatic rings. The Morgan fingerprint density at radius 1 is 1.00 bits per heavy atom. The Morgan fingerprint density at radius 3 is 2.31 bits per heavy atom. The molecule has 4 nitrogen and oxygen atoms in total. The summed E-state index contributed by atoms with van der Waals surface area (Å²) in [6, 6.07) is 18.9. The second-order valence-electron chi connectivity index (χ2n) is 7.77. The van der Waals surface area contributed by atoms with Gasteiger partial charge in [-0.2, -0.15) is 0 Å². The smallest absolute Gasteiger partial charge is 0.234 e. The topological polar surface area (TPSA) is 35.6 Å². The van der Waals surface area contributed by atoms with Gasteiger partial charge in [0, 0.05) is 32.7 Å². The molecule has 0 aromatic heterocycles. The first-order valence-corrected chi connectivity index (χ1v) is 10.7. The zero-order valence-corrected chi connectivity index (χ0v) is 17.7. The zero-order chi connectivity index (χ0) is 20.5. The van der Waals surface area contributed by atoms with Crippen LogP contribution in [0.4, 0.5) is 0 Å². The standard InChI is InChI=1S/C25H33N3O/c1-3-22-11-13-24(14-12-22)21(2)26-25(29)20-28-18-16-27(17-19-28)15-7-10-23-8-5-4-6-9-23/h4-14,21H,3,15-20H2,1-2H3,(H,26,29)/b10-7+/t21-/m1/s1. The molecule has 1 aliphatic heterocycles. The van der Waals surface area contributed by atoms with Crippen LogP contribution in [0, 0.1) is 0 Å². The number of nitrogens with zero attached hydrogens (tertiary/aromatic N) is 2. The largest absolute Gasteiger partial charge is 0.348 e. The molecule has 1 saturated heterocycles. The fourth-order valence-corrected chi connectivity index (χ4v) is 3.65. The van der Waals surface area contributed by atoms with E-state index in [1.165, 1.54) is 11.1 Å². The summed E-state index contributed by atoms with van der Waals surface area (Å²) in [7, 11) is 0. The van der Waals surface area contributed by atoms with Crippen LogP contribution in [0.3, 0.4) is 0 Å². The van der Waals surface area contributed by atoms with Crippen LogP contribution in [0.2, 0.25) is 0 Å². The molecule has 29 heavy (non-hydrogen) atoms. The minimum Gasteiger partial charge on any atom is -0.348 e. The van der Waals surface area contributed by atoms with Crippen molar-refractivity contribution in [2.24, 2.45) is 0 Å². The highest BCUT2D eigenvalue weighted by Crippen LogP contribution is 2.14. The Bertz CT molecular complexity index is 777. The Morgan fingerprint density at radius 2 is 1.66 bits per heavy atom. The van der Waals surface area contributed by atoms with Gasteiger partial charge in [-0.25, -0.2) is 0 Å². The number of carbonyl (C=O) groups excluding carboxylic acids is 1. The van der Waals surface area contributed by atoms with Gasteiger partial charge in [0.2, 0.25) is 5.91 Å². The fraction of sp³-hybridized carbons (Fsp3) is 0.400. The SMILES string of the molecule is CCc1ccc([C@@H](C)NC(=O)CN2CCN(C/C=C/c3ccccc3)CC2)cc1. The van der Waals surface area contributed by atoms with E-state index in [1.54, 1.807) is 0 Å². The number of hydrogen-bond acceptors (Lipinski definition) is 3. The molecule has 0 saturated carbocycles. The quantitative estimate of drug-likeness (QED) is 0.744. The molecule has 1 N–H and O–H groups in total. The lowest BCUT2D eigenvalue weighted by Crippen LogP contribution is -2.49. The van der Waals surface area contributed by atoms with Crippen molar-refractivity contribution in [1.82, 2.24) is 15.1 Å². The van der Waals surface area contributed by atoms with Crippen LogP contribution in [-0.4, -0.2) is 55.0 Å². The second kappa shape index (κ2) is 10.9. The molecule has 1 heterocycles. The van der Waals surface area contributed by atoms with E-state index >= 15 is 0 Å². The average Bonchev–Trinajstić information content (AvgIpc) is 2.75. The molecular weight excluding hydrogens is 358 g/mol. The van der Waals surface area contributed by atoms with Crippen molar-refractivity contribution in [2.45, 2.75) is 26.3 Å². The van der Waals surface area contributed by atoms with E-state index in [9.17, 15) is 4.79 Å². The molecular formula is C25H33N3O. The molecule has 2 aromatic rings. The molecule has 1 amide bonds. The van der Waals surface area contributed by atoms with Crippen molar-refractivity contribution < 1.29 is 4.79 Å². The van der Waals surface area contributed by atoms with Gasteiger partial charge in [0.1, 0.15) is 0 Å². The molecule has 0 unspecified atom stereocenters. The fourth-order valence-electron chi connectivity index (χ4n) is 3.65. The number of nitrogens with one attached hydrogen (secondary N) is 1. The van der Waals surface area contributed by atoms with E-state index in [-0.39, 0.29) is 11.9 Å². The molecule has 0 aliphatic carbocycles. The van der Waals surface area contributed by atoms with E-state index in [2.05, 4.69) is 89.6 Å². The zero-order valence-electron chi connectivity index (χ0n) is 17.7. The first kappa shape index (κ1) is 21.3. The summed E-state index contributed by atoms with van der Waals surface area (Å²) in [5.41, 5.74) is 3.72. The number of carbonyl (C=O) groups is 1. The number of benzene rings is 2. The van der Waals surface area contributed by atoms with Gasteiger partial charge in [0.05, 0.1) is 12.6 Å². The van der Waals surface area contributed by atoms with Crippen molar-refractivity contribution in [2.75, 3.05) is 39.3 Å². The summed E-state index contributed by atoms with van der Waals surface area (Å²) >= 11 is 0. The highest BCUT2D eigenvalue weighted by Gasteiger charge is 2.19. The van der Waals surface area contributed by atoms with Gasteiger partial charge in [-0.3, -0.25) is 14.6 Å². The Labute approximate surface area is 175 Å². The van der Waals surface area contributed by atoms with Crippen molar-refractivity contribution in [3.63, 3.8) is 0 Å². The Hall–Kier alpha value is -2.43. The summed E-state index contributed by atoms with van der Waals surface area (Å²) < 4.78 is 0. The van der Waals surface area contributed by atoms with Crippen LogP contribution in [0.25, 0.3) is 6.08 Å². The maximum Gasteiger partial charge on any atom is 0.234 e. The molecule has 2 aromatic carbocycles. The van der Waals surface area contributed by atoms with Crippen LogP contribution in [0.5, 0.6) is 0 Å². The molecule has 1 fully saturated rings. The molecule has 0 bridgehead atoms. The third-order valence-electron chi connectivity index (χ3n) is 5.57. The normalized spacial score (nSPS) is 16.8. The highest BCUT2D eigenvalue weighted by atomic mass is 16.2. The van der Waals surface area contributed by atoms with E-state index in [0.29, 0.717) is 6.54 Å². The molecule has 154 valence electrons. The van der Waals surface area contributed by atoms with Crippen molar-refractivity contribution in [1.29, 1.82) is 0 Å². The van der Waals surface area contributed by atoms with Crippen LogP contribution >= 0.6 is 0 Å². The van der Waals surface area contributed by atoms with Gasteiger partial charge >= 0.3 is 0 Å². The Kier molecular flexibility index (Phi) is 8.03. The minimum atomic E-state index is 0.0396. The maximum atomic E-state index is 12.5. The van der Waals surface area contributed by atoms with Gasteiger partial charge in [-0.15, -0.1) is 0 Å². The van der Waals surface area contributed by atoms with Gasteiger partial charge < -0.3 is 5.32 Å². The minimum absolute atomic E-state index is 0.0396. The number of amides is 1. The maximum absolute atomic E-state index is 12.5. The number of hydrogen-bond donors (Lipinski definition) is 1. The predicted molar refractivity (Wildman–Crippen MR) is 121 cm³/mol. The molecule has 0 spiro atoms. The molecule has 3 rings (SSSR count). The number of piperazine rings is 1. The van der Waals surface area contributed by atoms with Crippen LogP contribution < -0.4 is 5.32 Å². The number of rotatable bonds is 8. The van der Waals surface area contributed by atoms with Crippen molar-refractivity contribution in [3.05, 3.63) is 77.4 Å². The highest BCUT2D eigenvalue weighted by molar-refractivity contribution is 5.78. The van der Waals surface area contributed by atoms with E-state index in [1.807, 2.05) is 6.07 Å². The molecule has 4 heteroatoms.